The second-order valence-electron chi connectivity index (χ2n) is 5.71. The molecule has 0 unspecified atom stereocenters. The number of anilines is 1. The van der Waals surface area contributed by atoms with Gasteiger partial charge >= 0.3 is 5.97 Å². The number of nitrogens with two attached hydrogens (primary N) is 1. The van der Waals surface area contributed by atoms with Crippen LogP contribution in [0.5, 0.6) is 0 Å². The van der Waals surface area contributed by atoms with Crippen LogP contribution in [-0.4, -0.2) is 24.1 Å². The first kappa shape index (κ1) is 16.0. The van der Waals surface area contributed by atoms with E-state index in [0.717, 1.165) is 11.3 Å². The highest BCUT2D eigenvalue weighted by Crippen LogP contribution is 2.13. The Morgan fingerprint density at radius 1 is 1.30 bits per heavy atom. The summed E-state index contributed by atoms with van der Waals surface area (Å²) in [4.78, 5) is 15.5. The lowest BCUT2D eigenvalue weighted by atomic mass is 10.1. The second-order valence-corrected chi connectivity index (χ2v) is 5.71. The van der Waals surface area contributed by atoms with Gasteiger partial charge in [-0.25, -0.2) is 4.99 Å². The summed E-state index contributed by atoms with van der Waals surface area (Å²) in [6.45, 7) is 9.40. The van der Waals surface area contributed by atoms with Gasteiger partial charge in [0.05, 0.1) is 0 Å². The molecule has 0 aliphatic heterocycles. The van der Waals surface area contributed by atoms with Gasteiger partial charge in [-0.1, -0.05) is 6.07 Å². The van der Waals surface area contributed by atoms with Gasteiger partial charge in [0.1, 0.15) is 12.1 Å². The highest BCUT2D eigenvalue weighted by Gasteiger charge is 2.15. The lowest BCUT2D eigenvalue weighted by molar-refractivity contribution is -0.152. The minimum Gasteiger partial charge on any atom is -0.459 e. The molecule has 0 fully saturated rings. The van der Waals surface area contributed by atoms with Gasteiger partial charge in [0, 0.05) is 5.69 Å². The largest absolute Gasteiger partial charge is 0.459 e. The molecule has 0 atom stereocenters. The van der Waals surface area contributed by atoms with E-state index in [4.69, 9.17) is 10.5 Å². The number of hydrogen-bond acceptors (Lipinski definition) is 3. The van der Waals surface area contributed by atoms with E-state index in [1.54, 1.807) is 0 Å². The molecule has 5 nitrogen and oxygen atoms in total. The summed E-state index contributed by atoms with van der Waals surface area (Å²) >= 11 is 0. The Hall–Kier alpha value is -2.04. The Morgan fingerprint density at radius 3 is 2.50 bits per heavy atom. The fourth-order valence-corrected chi connectivity index (χ4v) is 1.53. The lowest BCUT2D eigenvalue weighted by Crippen LogP contribution is -2.28. The number of aryl methyl sites for hydroxylation is 2. The van der Waals surface area contributed by atoms with Crippen molar-refractivity contribution in [3.63, 3.8) is 0 Å². The summed E-state index contributed by atoms with van der Waals surface area (Å²) < 4.78 is 5.14. The molecule has 0 aromatic heterocycles. The molecule has 1 aromatic carbocycles. The zero-order valence-corrected chi connectivity index (χ0v) is 12.8. The number of hydrogen-bond donors (Lipinski definition) is 2. The normalized spacial score (nSPS) is 12.2. The Bertz CT molecular complexity index is 516. The molecule has 0 aliphatic rings. The van der Waals surface area contributed by atoms with Crippen LogP contribution >= 0.6 is 0 Å². The van der Waals surface area contributed by atoms with E-state index in [9.17, 15) is 4.79 Å². The van der Waals surface area contributed by atoms with Crippen LogP contribution in [0.3, 0.4) is 0 Å². The summed E-state index contributed by atoms with van der Waals surface area (Å²) in [5.41, 5.74) is 8.44. The summed E-state index contributed by atoms with van der Waals surface area (Å²) in [6, 6.07) is 5.89. The molecule has 110 valence electrons. The van der Waals surface area contributed by atoms with Crippen LogP contribution < -0.4 is 11.1 Å². The average molecular weight is 277 g/mol. The highest BCUT2D eigenvalue weighted by molar-refractivity contribution is 5.93. The van der Waals surface area contributed by atoms with Gasteiger partial charge in [-0.05, 0) is 57.9 Å². The molecule has 0 radical (unpaired) electrons. The number of esters is 1. The first-order valence-corrected chi connectivity index (χ1v) is 6.53. The van der Waals surface area contributed by atoms with E-state index < -0.39 is 11.6 Å². The molecule has 5 heteroatoms. The maximum atomic E-state index is 11.5. The molecule has 0 saturated carbocycles. The van der Waals surface area contributed by atoms with E-state index in [1.807, 2.05) is 52.8 Å². The lowest BCUT2D eigenvalue weighted by Gasteiger charge is -2.18. The molecule has 3 N–H and O–H groups in total. The summed E-state index contributed by atoms with van der Waals surface area (Å²) in [7, 11) is 0. The number of rotatable bonds is 3. The quantitative estimate of drug-likeness (QED) is 0.505. The fraction of sp³-hybridized carbons (Fsp3) is 0.467. The van der Waals surface area contributed by atoms with Gasteiger partial charge in [0.25, 0.3) is 0 Å². The standard InChI is InChI=1S/C15H23N3O2/c1-10-6-7-12(8-11(10)2)18-14(16)17-9-13(19)20-15(3,4)5/h6-8H,9H2,1-5H3,(H3,16,17,18). The molecule has 20 heavy (non-hydrogen) atoms. The number of nitrogens with one attached hydrogen (secondary N) is 1. The second kappa shape index (κ2) is 6.41. The average Bonchev–Trinajstić information content (AvgIpc) is 2.29. The Kier molecular flexibility index (Phi) is 5.13. The third-order valence-electron chi connectivity index (χ3n) is 2.58. The van der Waals surface area contributed by atoms with E-state index >= 15 is 0 Å². The van der Waals surface area contributed by atoms with E-state index in [1.165, 1.54) is 5.56 Å². The number of carbonyl (C=O) groups is 1. The summed E-state index contributed by atoms with van der Waals surface area (Å²) in [5.74, 6) is -0.207. The predicted octanol–water partition coefficient (Wildman–Crippen LogP) is 2.37. The molecule has 0 amide bonds. The SMILES string of the molecule is Cc1ccc(NC(N)=NCC(=O)OC(C)(C)C)cc1C. The topological polar surface area (TPSA) is 76.7 Å². The molecule has 1 rings (SSSR count). The number of benzene rings is 1. The monoisotopic (exact) mass is 277 g/mol. The number of guanidine groups is 1. The van der Waals surface area contributed by atoms with Crippen molar-refractivity contribution in [2.75, 3.05) is 11.9 Å². The Labute approximate surface area is 120 Å². The van der Waals surface area contributed by atoms with E-state index in [-0.39, 0.29) is 12.5 Å². The molecule has 1 aromatic rings. The number of ether oxygens (including phenoxy) is 1. The molecule has 0 bridgehead atoms. The molecular weight excluding hydrogens is 254 g/mol. The predicted molar refractivity (Wildman–Crippen MR) is 81.9 cm³/mol. The van der Waals surface area contributed by atoms with Crippen LogP contribution in [0, 0.1) is 13.8 Å². The molecule has 0 heterocycles. The van der Waals surface area contributed by atoms with Crippen LogP contribution in [0.25, 0.3) is 0 Å². The molecule has 0 aliphatic carbocycles. The number of nitrogens with zero attached hydrogens (tertiary/aromatic N) is 1. The fourth-order valence-electron chi connectivity index (χ4n) is 1.53. The van der Waals surface area contributed by atoms with E-state index in [0.29, 0.717) is 0 Å². The zero-order valence-electron chi connectivity index (χ0n) is 12.8. The van der Waals surface area contributed by atoms with Crippen molar-refractivity contribution in [3.05, 3.63) is 29.3 Å². The Balaban J connectivity index is 2.57. The van der Waals surface area contributed by atoms with Crippen LogP contribution in [0.2, 0.25) is 0 Å². The van der Waals surface area contributed by atoms with Crippen LogP contribution in [0.1, 0.15) is 31.9 Å². The van der Waals surface area contributed by atoms with Crippen molar-refractivity contribution >= 4 is 17.6 Å². The maximum absolute atomic E-state index is 11.5. The van der Waals surface area contributed by atoms with E-state index in [2.05, 4.69) is 10.3 Å². The minimum atomic E-state index is -0.511. The van der Waals surface area contributed by atoms with Crippen molar-refractivity contribution in [2.24, 2.45) is 10.7 Å². The van der Waals surface area contributed by atoms with Gasteiger partial charge < -0.3 is 15.8 Å². The third kappa shape index (κ3) is 5.73. The summed E-state index contributed by atoms with van der Waals surface area (Å²) in [6.07, 6.45) is 0. The molecule has 0 saturated heterocycles. The minimum absolute atomic E-state index is 0.0963. The molecule has 0 spiro atoms. The molecular formula is C15H23N3O2. The maximum Gasteiger partial charge on any atom is 0.328 e. The van der Waals surface area contributed by atoms with Crippen LogP contribution in [-0.2, 0) is 9.53 Å². The Morgan fingerprint density at radius 2 is 1.95 bits per heavy atom. The van der Waals surface area contributed by atoms with Crippen molar-refractivity contribution in [1.29, 1.82) is 0 Å². The van der Waals surface area contributed by atoms with Gasteiger partial charge in [-0.2, -0.15) is 0 Å². The van der Waals surface area contributed by atoms with Crippen molar-refractivity contribution < 1.29 is 9.53 Å². The van der Waals surface area contributed by atoms with Crippen molar-refractivity contribution in [1.82, 2.24) is 0 Å². The smallest absolute Gasteiger partial charge is 0.328 e. The van der Waals surface area contributed by atoms with Crippen molar-refractivity contribution in [3.8, 4) is 0 Å². The highest BCUT2D eigenvalue weighted by atomic mass is 16.6. The van der Waals surface area contributed by atoms with Gasteiger partial charge in [0.15, 0.2) is 5.96 Å². The first-order chi connectivity index (χ1) is 9.17. The summed E-state index contributed by atoms with van der Waals surface area (Å²) in [5, 5.41) is 2.95. The van der Waals surface area contributed by atoms with Crippen LogP contribution in [0.15, 0.2) is 23.2 Å². The number of aliphatic imine (C=N–C) groups is 1. The first-order valence-electron chi connectivity index (χ1n) is 6.53. The number of carbonyl (C=O) groups excluding carboxylic acids is 1. The van der Waals surface area contributed by atoms with Gasteiger partial charge in [0.2, 0.25) is 0 Å². The third-order valence-corrected chi connectivity index (χ3v) is 2.58. The van der Waals surface area contributed by atoms with Crippen molar-refractivity contribution in [2.45, 2.75) is 40.2 Å². The zero-order chi connectivity index (χ0) is 15.3. The van der Waals surface area contributed by atoms with Gasteiger partial charge in [-0.15, -0.1) is 0 Å². The van der Waals surface area contributed by atoms with Crippen LogP contribution in [0.4, 0.5) is 5.69 Å². The van der Waals surface area contributed by atoms with Gasteiger partial charge in [-0.3, -0.25) is 4.79 Å².